The molecule has 2 aliphatic heterocycles. The molecule has 94 valence electrons. The van der Waals surface area contributed by atoms with Gasteiger partial charge in [0.1, 0.15) is 12.2 Å². The summed E-state index contributed by atoms with van der Waals surface area (Å²) in [7, 11) is 0. The lowest BCUT2D eigenvalue weighted by Crippen LogP contribution is -2.59. The molecule has 0 radical (unpaired) electrons. The van der Waals surface area contributed by atoms with Crippen molar-refractivity contribution in [3.8, 4) is 0 Å². The molecule has 2 heterocycles. The lowest BCUT2D eigenvalue weighted by molar-refractivity contribution is -0.182. The van der Waals surface area contributed by atoms with Crippen LogP contribution in [0.1, 0.15) is 40.5 Å². The van der Waals surface area contributed by atoms with Crippen molar-refractivity contribution in [1.29, 1.82) is 0 Å². The predicted octanol–water partition coefficient (Wildman–Crippen LogP) is 1.26. The minimum Gasteiger partial charge on any atom is -0.358 e. The van der Waals surface area contributed by atoms with Gasteiger partial charge in [0.05, 0.1) is 5.60 Å². The molecule has 0 bridgehead atoms. The van der Waals surface area contributed by atoms with Crippen LogP contribution in [0.4, 0.5) is 0 Å². The smallest absolute Gasteiger partial charge is 0.203 e. The molecule has 2 saturated heterocycles. The molecule has 0 aromatic carbocycles. The Balaban J connectivity index is 2.02. The van der Waals surface area contributed by atoms with E-state index < -0.39 is 17.3 Å². The van der Waals surface area contributed by atoms with E-state index in [9.17, 15) is 9.59 Å². The molecule has 3 fully saturated rings. The minimum atomic E-state index is -1.23. The number of rotatable bonds is 0. The summed E-state index contributed by atoms with van der Waals surface area (Å²) in [6.45, 7) is 7.79. The summed E-state index contributed by atoms with van der Waals surface area (Å²) in [6, 6.07) is 0. The molecule has 0 N–H and O–H groups in total. The van der Waals surface area contributed by atoms with Gasteiger partial charge in [-0.15, -0.1) is 0 Å². The fourth-order valence-corrected chi connectivity index (χ4v) is 3.36. The zero-order chi connectivity index (χ0) is 12.6. The van der Waals surface area contributed by atoms with E-state index in [1.165, 1.54) is 0 Å². The summed E-state index contributed by atoms with van der Waals surface area (Å²) in [4.78, 5) is 24.5. The van der Waals surface area contributed by atoms with Crippen LogP contribution in [-0.4, -0.2) is 35.0 Å². The Labute approximate surface area is 101 Å². The van der Waals surface area contributed by atoms with Crippen molar-refractivity contribution < 1.29 is 19.1 Å². The minimum absolute atomic E-state index is 0.0745. The molecule has 1 saturated carbocycles. The van der Waals surface area contributed by atoms with E-state index in [2.05, 4.69) is 0 Å². The standard InChI is InChI=1S/C13H18O4/c1-11(2)5-7(14)13(6-11)9(15)8-10(16-8)12(3,4)17-13/h8,10H,5-6H2,1-4H3/t8-,10-,13?/m1/s1. The normalized spacial score (nSPS) is 46.1. The van der Waals surface area contributed by atoms with Gasteiger partial charge in [-0.3, -0.25) is 9.59 Å². The molecule has 3 aliphatic rings. The Morgan fingerprint density at radius 2 is 1.82 bits per heavy atom. The van der Waals surface area contributed by atoms with Gasteiger partial charge < -0.3 is 9.47 Å². The van der Waals surface area contributed by atoms with Crippen LogP contribution >= 0.6 is 0 Å². The van der Waals surface area contributed by atoms with E-state index in [1.54, 1.807) is 0 Å². The fraction of sp³-hybridized carbons (Fsp3) is 0.846. The molecule has 4 heteroatoms. The average Bonchev–Trinajstić information content (AvgIpc) is 2.88. The van der Waals surface area contributed by atoms with Crippen molar-refractivity contribution in [2.24, 2.45) is 5.41 Å². The summed E-state index contributed by atoms with van der Waals surface area (Å²) in [5.41, 5.74) is -1.94. The average molecular weight is 238 g/mol. The van der Waals surface area contributed by atoms with Crippen molar-refractivity contribution in [3.05, 3.63) is 0 Å². The van der Waals surface area contributed by atoms with E-state index in [-0.39, 0.29) is 23.1 Å². The molecule has 0 aromatic rings. The highest BCUT2D eigenvalue weighted by Crippen LogP contribution is 2.53. The van der Waals surface area contributed by atoms with Crippen LogP contribution < -0.4 is 0 Å². The summed E-state index contributed by atoms with van der Waals surface area (Å²) >= 11 is 0. The largest absolute Gasteiger partial charge is 0.358 e. The molecular weight excluding hydrogens is 220 g/mol. The molecule has 17 heavy (non-hydrogen) atoms. The maximum atomic E-state index is 12.3. The number of epoxide rings is 1. The zero-order valence-electron chi connectivity index (χ0n) is 10.7. The third-order valence-electron chi connectivity index (χ3n) is 4.09. The number of carbonyl (C=O) groups excluding carboxylic acids is 2. The second kappa shape index (κ2) is 2.81. The van der Waals surface area contributed by atoms with Crippen molar-refractivity contribution in [2.45, 2.75) is 63.9 Å². The Morgan fingerprint density at radius 3 is 2.35 bits per heavy atom. The van der Waals surface area contributed by atoms with E-state index in [0.29, 0.717) is 12.8 Å². The summed E-state index contributed by atoms with van der Waals surface area (Å²) < 4.78 is 11.3. The number of carbonyl (C=O) groups is 2. The van der Waals surface area contributed by atoms with E-state index in [4.69, 9.17) is 9.47 Å². The molecule has 4 nitrogen and oxygen atoms in total. The lowest BCUT2D eigenvalue weighted by Gasteiger charge is -2.39. The Bertz CT molecular complexity index is 423. The highest BCUT2D eigenvalue weighted by atomic mass is 16.7. The fourth-order valence-electron chi connectivity index (χ4n) is 3.36. The molecule has 3 rings (SSSR count). The molecule has 0 aromatic heterocycles. The van der Waals surface area contributed by atoms with Crippen LogP contribution in [0, 0.1) is 5.41 Å². The molecule has 1 unspecified atom stereocenters. The van der Waals surface area contributed by atoms with Crippen molar-refractivity contribution >= 4 is 11.6 Å². The second-order valence-electron chi connectivity index (χ2n) is 6.82. The van der Waals surface area contributed by atoms with Gasteiger partial charge in [-0.05, 0) is 25.7 Å². The zero-order valence-corrected chi connectivity index (χ0v) is 10.7. The van der Waals surface area contributed by atoms with Gasteiger partial charge in [0.25, 0.3) is 0 Å². The highest BCUT2D eigenvalue weighted by Gasteiger charge is 2.71. The molecular formula is C13H18O4. The number of Topliss-reactive ketones (excluding diaryl/α,β-unsaturated/α-hetero) is 2. The Morgan fingerprint density at radius 1 is 1.18 bits per heavy atom. The lowest BCUT2D eigenvalue weighted by atomic mass is 9.81. The Kier molecular flexibility index (Phi) is 1.87. The number of fused-ring (bicyclic) bond motifs is 1. The van der Waals surface area contributed by atoms with Gasteiger partial charge in [0.15, 0.2) is 11.4 Å². The second-order valence-corrected chi connectivity index (χ2v) is 6.82. The van der Waals surface area contributed by atoms with Crippen molar-refractivity contribution in [3.63, 3.8) is 0 Å². The van der Waals surface area contributed by atoms with E-state index in [0.717, 1.165) is 0 Å². The first-order chi connectivity index (χ1) is 7.68. The molecule has 1 aliphatic carbocycles. The number of hydrogen-bond acceptors (Lipinski definition) is 4. The van der Waals surface area contributed by atoms with E-state index >= 15 is 0 Å². The highest BCUT2D eigenvalue weighted by molar-refractivity contribution is 6.15. The van der Waals surface area contributed by atoms with E-state index in [1.807, 2.05) is 27.7 Å². The summed E-state index contributed by atoms with van der Waals surface area (Å²) in [5.74, 6) is -0.230. The van der Waals surface area contributed by atoms with Gasteiger partial charge >= 0.3 is 0 Å². The van der Waals surface area contributed by atoms with Crippen LogP contribution in [0.25, 0.3) is 0 Å². The summed E-state index contributed by atoms with van der Waals surface area (Å²) in [5, 5.41) is 0. The van der Waals surface area contributed by atoms with Gasteiger partial charge in [-0.1, -0.05) is 13.8 Å². The predicted molar refractivity (Wildman–Crippen MR) is 59.6 cm³/mol. The van der Waals surface area contributed by atoms with Gasteiger partial charge in [-0.2, -0.15) is 0 Å². The first-order valence-corrected chi connectivity index (χ1v) is 6.11. The number of ketones is 2. The Hall–Kier alpha value is -0.740. The van der Waals surface area contributed by atoms with Crippen LogP contribution in [0.5, 0.6) is 0 Å². The molecule has 0 amide bonds. The van der Waals surface area contributed by atoms with Gasteiger partial charge in [-0.25, -0.2) is 0 Å². The molecule has 1 spiro atoms. The van der Waals surface area contributed by atoms with Crippen LogP contribution in [0.15, 0.2) is 0 Å². The van der Waals surface area contributed by atoms with Crippen molar-refractivity contribution in [1.82, 2.24) is 0 Å². The summed E-state index contributed by atoms with van der Waals surface area (Å²) in [6.07, 6.45) is 0.300. The van der Waals surface area contributed by atoms with Crippen LogP contribution in [0.3, 0.4) is 0 Å². The van der Waals surface area contributed by atoms with Crippen LogP contribution in [0.2, 0.25) is 0 Å². The maximum Gasteiger partial charge on any atom is 0.203 e. The quantitative estimate of drug-likeness (QED) is 0.471. The van der Waals surface area contributed by atoms with Crippen LogP contribution in [-0.2, 0) is 19.1 Å². The first kappa shape index (κ1) is 11.4. The third-order valence-corrected chi connectivity index (χ3v) is 4.09. The monoisotopic (exact) mass is 238 g/mol. The first-order valence-electron chi connectivity index (χ1n) is 6.11. The topological polar surface area (TPSA) is 55.9 Å². The number of hydrogen-bond donors (Lipinski definition) is 0. The maximum absolute atomic E-state index is 12.3. The van der Waals surface area contributed by atoms with Crippen molar-refractivity contribution in [2.75, 3.05) is 0 Å². The van der Waals surface area contributed by atoms with Gasteiger partial charge in [0, 0.05) is 6.42 Å². The third kappa shape index (κ3) is 1.37. The van der Waals surface area contributed by atoms with Gasteiger partial charge in [0.2, 0.25) is 5.78 Å². The molecule has 3 atom stereocenters. The number of ether oxygens (including phenoxy) is 2. The SMILES string of the molecule is CC1(C)CC(=O)C2(C1)OC(C)(C)[C@@H]1O[C@@H]1C2=O.